The highest BCUT2D eigenvalue weighted by Crippen LogP contribution is 2.29. The lowest BCUT2D eigenvalue weighted by Crippen LogP contribution is -2.52. The second-order valence-corrected chi connectivity index (χ2v) is 7.56. The fraction of sp³-hybridized carbons (Fsp3) is 0.435. The van der Waals surface area contributed by atoms with E-state index in [2.05, 4.69) is 32.2 Å². The summed E-state index contributed by atoms with van der Waals surface area (Å²) in [5, 5.41) is 3.42. The summed E-state index contributed by atoms with van der Waals surface area (Å²) in [6.45, 7) is 4.82. The number of fused-ring (bicyclic) bond motifs is 1. The maximum Gasteiger partial charge on any atom is 0.193 e. The summed E-state index contributed by atoms with van der Waals surface area (Å²) in [7, 11) is 3.47. The predicted molar refractivity (Wildman–Crippen MR) is 119 cm³/mol. The quantitative estimate of drug-likeness (QED) is 0.584. The number of halogens is 1. The monoisotopic (exact) mass is 428 g/mol. The minimum Gasteiger partial charge on any atom is -0.497 e. The van der Waals surface area contributed by atoms with Gasteiger partial charge < -0.3 is 29.3 Å². The molecule has 2 aromatic rings. The molecular weight excluding hydrogens is 399 g/mol. The highest BCUT2D eigenvalue weighted by molar-refractivity contribution is 5.80. The van der Waals surface area contributed by atoms with Gasteiger partial charge in [-0.25, -0.2) is 4.39 Å². The van der Waals surface area contributed by atoms with Gasteiger partial charge in [-0.3, -0.25) is 4.99 Å². The van der Waals surface area contributed by atoms with Crippen molar-refractivity contribution in [1.29, 1.82) is 0 Å². The lowest BCUT2D eigenvalue weighted by molar-refractivity contribution is -0.0172. The summed E-state index contributed by atoms with van der Waals surface area (Å²) in [6.07, 6.45) is 0.644. The zero-order chi connectivity index (χ0) is 21.6. The Kier molecular flexibility index (Phi) is 6.76. The number of benzene rings is 2. The maximum atomic E-state index is 13.9. The number of guanidine groups is 1. The molecule has 0 saturated carbocycles. The Hall–Kier alpha value is -3.00. The first-order valence-electron chi connectivity index (χ1n) is 10.5. The minimum atomic E-state index is -0.262. The van der Waals surface area contributed by atoms with E-state index in [1.165, 1.54) is 11.8 Å². The Morgan fingerprint density at radius 3 is 2.65 bits per heavy atom. The zero-order valence-corrected chi connectivity index (χ0v) is 18.1. The van der Waals surface area contributed by atoms with Crippen LogP contribution in [0.25, 0.3) is 0 Å². The van der Waals surface area contributed by atoms with E-state index in [0.717, 1.165) is 54.8 Å². The van der Waals surface area contributed by atoms with E-state index in [9.17, 15) is 4.39 Å². The number of anilines is 1. The highest BCUT2D eigenvalue weighted by Gasteiger charge is 2.21. The number of hydrogen-bond acceptors (Lipinski definition) is 5. The van der Waals surface area contributed by atoms with Crippen molar-refractivity contribution >= 4 is 11.6 Å². The van der Waals surface area contributed by atoms with Gasteiger partial charge in [0.25, 0.3) is 0 Å². The molecule has 8 heteroatoms. The molecule has 1 N–H and O–H groups in total. The molecule has 1 fully saturated rings. The van der Waals surface area contributed by atoms with Gasteiger partial charge in [-0.1, -0.05) is 0 Å². The summed E-state index contributed by atoms with van der Waals surface area (Å²) >= 11 is 0. The second kappa shape index (κ2) is 9.87. The van der Waals surface area contributed by atoms with Crippen LogP contribution in [0, 0.1) is 5.82 Å². The molecule has 0 bridgehead atoms. The van der Waals surface area contributed by atoms with Gasteiger partial charge in [-0.05, 0) is 48.4 Å². The van der Waals surface area contributed by atoms with Crippen molar-refractivity contribution in [3.05, 3.63) is 53.3 Å². The van der Waals surface area contributed by atoms with Gasteiger partial charge in [0.2, 0.25) is 0 Å². The van der Waals surface area contributed by atoms with Crippen LogP contribution in [-0.2, 0) is 17.8 Å². The van der Waals surface area contributed by atoms with Crippen molar-refractivity contribution in [3.63, 3.8) is 0 Å². The van der Waals surface area contributed by atoms with Crippen molar-refractivity contribution in [2.75, 3.05) is 58.6 Å². The summed E-state index contributed by atoms with van der Waals surface area (Å²) in [5.41, 5.74) is 2.81. The average Bonchev–Trinajstić information content (AvgIpc) is 2.82. The number of ether oxygens (including phenoxy) is 3. The Bertz CT molecular complexity index is 912. The van der Waals surface area contributed by atoms with E-state index in [0.29, 0.717) is 19.6 Å². The molecule has 1 saturated heterocycles. The van der Waals surface area contributed by atoms with E-state index in [1.807, 2.05) is 12.1 Å². The first kappa shape index (κ1) is 21.2. The second-order valence-electron chi connectivity index (χ2n) is 7.56. The third-order valence-corrected chi connectivity index (χ3v) is 5.66. The molecular formula is C23H29FN4O3. The summed E-state index contributed by atoms with van der Waals surface area (Å²) in [6, 6.07) is 11.2. The van der Waals surface area contributed by atoms with Crippen molar-refractivity contribution < 1.29 is 18.6 Å². The number of methoxy groups -OCH3 is 1. The van der Waals surface area contributed by atoms with Gasteiger partial charge in [-0.15, -0.1) is 0 Å². The van der Waals surface area contributed by atoms with Gasteiger partial charge in [-0.2, -0.15) is 0 Å². The molecule has 2 aliphatic rings. The van der Waals surface area contributed by atoms with Crippen LogP contribution >= 0.6 is 0 Å². The topological polar surface area (TPSA) is 58.6 Å². The number of nitrogens with one attached hydrogen (secondary N) is 1. The number of piperazine rings is 1. The smallest absolute Gasteiger partial charge is 0.193 e. The van der Waals surface area contributed by atoms with Crippen molar-refractivity contribution in [3.8, 4) is 11.5 Å². The summed E-state index contributed by atoms with van der Waals surface area (Å²) < 4.78 is 30.0. The van der Waals surface area contributed by atoms with Crippen molar-refractivity contribution in [1.82, 2.24) is 10.2 Å². The summed E-state index contributed by atoms with van der Waals surface area (Å²) in [4.78, 5) is 9.06. The molecule has 0 aliphatic carbocycles. The molecule has 0 spiro atoms. The predicted octanol–water partition coefficient (Wildman–Crippen LogP) is 2.64. The van der Waals surface area contributed by atoms with Crippen LogP contribution in [0.5, 0.6) is 11.5 Å². The van der Waals surface area contributed by atoms with Gasteiger partial charge >= 0.3 is 0 Å². The molecule has 0 radical (unpaired) electrons. The van der Waals surface area contributed by atoms with Crippen LogP contribution in [0.15, 0.2) is 41.4 Å². The molecule has 7 nitrogen and oxygen atoms in total. The average molecular weight is 429 g/mol. The molecule has 2 aromatic carbocycles. The molecule has 2 aliphatic heterocycles. The third-order valence-electron chi connectivity index (χ3n) is 5.66. The van der Waals surface area contributed by atoms with Crippen LogP contribution in [0.4, 0.5) is 10.1 Å². The zero-order valence-electron chi connectivity index (χ0n) is 18.1. The molecule has 4 rings (SSSR count). The Labute approximate surface area is 182 Å². The van der Waals surface area contributed by atoms with Gasteiger partial charge in [0.05, 0.1) is 13.7 Å². The third kappa shape index (κ3) is 5.02. The van der Waals surface area contributed by atoms with E-state index >= 15 is 0 Å². The molecule has 0 unspecified atom stereocenters. The van der Waals surface area contributed by atoms with Crippen molar-refractivity contribution in [2.45, 2.75) is 13.0 Å². The molecule has 0 atom stereocenters. The molecule has 31 heavy (non-hydrogen) atoms. The number of rotatable bonds is 5. The fourth-order valence-corrected chi connectivity index (χ4v) is 4.05. The Morgan fingerprint density at radius 2 is 1.94 bits per heavy atom. The fourth-order valence-electron chi connectivity index (χ4n) is 4.05. The van der Waals surface area contributed by atoms with Crippen LogP contribution in [0.2, 0.25) is 0 Å². The summed E-state index contributed by atoms with van der Waals surface area (Å²) in [5.74, 6) is 2.22. The van der Waals surface area contributed by atoms with Crippen LogP contribution in [-0.4, -0.2) is 64.5 Å². The standard InChI is InChI=1S/C23H29FN4O3/c1-25-23(26-8-7-17-13-19(24)14-18-15-30-16-31-22(17)18)28-11-9-27(10-12-28)20-3-5-21(29-2)6-4-20/h3-6,13-14H,7-12,15-16H2,1-2H3,(H,25,26). The lowest BCUT2D eigenvalue weighted by Gasteiger charge is -2.37. The molecule has 0 amide bonds. The van der Waals surface area contributed by atoms with Gasteiger partial charge in [0.15, 0.2) is 12.8 Å². The number of nitrogens with zero attached hydrogens (tertiary/aromatic N) is 3. The molecule has 2 heterocycles. The highest BCUT2D eigenvalue weighted by atomic mass is 19.1. The van der Waals surface area contributed by atoms with Gasteiger partial charge in [0.1, 0.15) is 17.3 Å². The van der Waals surface area contributed by atoms with E-state index in [4.69, 9.17) is 14.2 Å². The minimum absolute atomic E-state index is 0.208. The van der Waals surface area contributed by atoms with Crippen LogP contribution in [0.1, 0.15) is 11.1 Å². The first-order valence-corrected chi connectivity index (χ1v) is 10.5. The van der Waals surface area contributed by atoms with Crippen LogP contribution in [0.3, 0.4) is 0 Å². The maximum absolute atomic E-state index is 13.9. The molecule has 0 aromatic heterocycles. The first-order chi connectivity index (χ1) is 15.2. The number of aliphatic imine (C=N–C) groups is 1. The normalized spacial score (nSPS) is 16.5. The van der Waals surface area contributed by atoms with E-state index < -0.39 is 0 Å². The van der Waals surface area contributed by atoms with Crippen molar-refractivity contribution in [2.24, 2.45) is 4.99 Å². The van der Waals surface area contributed by atoms with Gasteiger partial charge in [0, 0.05) is 51.0 Å². The largest absolute Gasteiger partial charge is 0.497 e. The molecule has 166 valence electrons. The Balaban J connectivity index is 1.30. The SMILES string of the molecule is CN=C(NCCc1cc(F)cc2c1OCOC2)N1CCN(c2ccc(OC)cc2)CC1. The number of hydrogen-bond donors (Lipinski definition) is 1. The van der Waals surface area contributed by atoms with E-state index in [1.54, 1.807) is 20.2 Å². The van der Waals surface area contributed by atoms with E-state index in [-0.39, 0.29) is 12.6 Å². The Morgan fingerprint density at radius 1 is 1.16 bits per heavy atom. The van der Waals surface area contributed by atoms with Crippen LogP contribution < -0.4 is 19.7 Å². The lowest BCUT2D eigenvalue weighted by atomic mass is 10.1.